The van der Waals surface area contributed by atoms with Crippen LogP contribution < -0.4 is 10.0 Å². The quantitative estimate of drug-likeness (QED) is 0.556. The minimum absolute atomic E-state index is 0.0114. The first-order chi connectivity index (χ1) is 14.0. The molecule has 148 valence electrons. The van der Waals surface area contributed by atoms with Crippen LogP contribution in [0.4, 0.5) is 0 Å². The van der Waals surface area contributed by atoms with E-state index in [0.717, 1.165) is 11.1 Å². The Balaban J connectivity index is 1.65. The fourth-order valence-electron chi connectivity index (χ4n) is 2.74. The summed E-state index contributed by atoms with van der Waals surface area (Å²) in [7, 11) is -3.76. The first kappa shape index (κ1) is 20.3. The summed E-state index contributed by atoms with van der Waals surface area (Å²) in [5.41, 5.74) is 2.28. The Hall–Kier alpha value is -3.41. The van der Waals surface area contributed by atoms with Crippen molar-refractivity contribution in [2.45, 2.75) is 18.0 Å². The molecule has 0 saturated heterocycles. The fourth-order valence-corrected chi connectivity index (χ4v) is 3.72. The van der Waals surface area contributed by atoms with E-state index in [-0.39, 0.29) is 22.9 Å². The molecule has 2 N–H and O–H groups in total. The number of amides is 1. The van der Waals surface area contributed by atoms with Crippen LogP contribution in [0.5, 0.6) is 0 Å². The number of hydrogen-bond acceptors (Lipinski definition) is 4. The molecule has 29 heavy (non-hydrogen) atoms. The van der Waals surface area contributed by atoms with Crippen molar-refractivity contribution in [2.24, 2.45) is 0 Å². The van der Waals surface area contributed by atoms with E-state index < -0.39 is 10.0 Å². The maximum atomic E-state index is 12.5. The van der Waals surface area contributed by atoms with E-state index >= 15 is 0 Å². The molecule has 0 aliphatic carbocycles. The van der Waals surface area contributed by atoms with Gasteiger partial charge in [-0.2, -0.15) is 4.72 Å². The van der Waals surface area contributed by atoms with Crippen LogP contribution in [-0.4, -0.2) is 30.4 Å². The van der Waals surface area contributed by atoms with E-state index in [1.165, 1.54) is 18.2 Å². The molecule has 1 heterocycles. The standard InChI is InChI=1S/C21H20N4O3S/c1-2-9-24-29(27,28)20-8-4-7-19(13-20)21(26)23-14-17-5-3-6-18(12-17)15-25-11-10-22-16-25/h1,3-8,10-13,16,24H,9,14-15H2,(H,23,26). The van der Waals surface area contributed by atoms with Gasteiger partial charge in [0.05, 0.1) is 17.8 Å². The minimum atomic E-state index is -3.76. The number of sulfonamides is 1. The molecule has 1 aromatic heterocycles. The van der Waals surface area contributed by atoms with E-state index in [0.29, 0.717) is 13.1 Å². The molecule has 0 atom stereocenters. The number of benzene rings is 2. The van der Waals surface area contributed by atoms with Crippen molar-refractivity contribution in [3.8, 4) is 12.3 Å². The van der Waals surface area contributed by atoms with Crippen LogP contribution in [0, 0.1) is 12.3 Å². The van der Waals surface area contributed by atoms with Crippen molar-refractivity contribution >= 4 is 15.9 Å². The predicted octanol–water partition coefficient (Wildman–Crippen LogP) is 1.77. The first-order valence-electron chi connectivity index (χ1n) is 8.83. The lowest BCUT2D eigenvalue weighted by Gasteiger charge is -2.09. The van der Waals surface area contributed by atoms with Gasteiger partial charge >= 0.3 is 0 Å². The fraction of sp³-hybridized carbons (Fsp3) is 0.143. The van der Waals surface area contributed by atoms with E-state index in [1.807, 2.05) is 35.0 Å². The van der Waals surface area contributed by atoms with Crippen LogP contribution in [-0.2, 0) is 23.1 Å². The zero-order valence-corrected chi connectivity index (χ0v) is 16.4. The number of terminal acetylenes is 1. The normalized spacial score (nSPS) is 11.0. The van der Waals surface area contributed by atoms with Crippen LogP contribution in [0.1, 0.15) is 21.5 Å². The third-order valence-electron chi connectivity index (χ3n) is 4.14. The highest BCUT2D eigenvalue weighted by molar-refractivity contribution is 7.89. The van der Waals surface area contributed by atoms with Gasteiger partial charge in [0.1, 0.15) is 0 Å². The summed E-state index contributed by atoms with van der Waals surface area (Å²) < 4.78 is 28.6. The number of imidazole rings is 1. The number of hydrogen-bond donors (Lipinski definition) is 2. The van der Waals surface area contributed by atoms with E-state index in [2.05, 4.69) is 20.9 Å². The molecule has 8 heteroatoms. The summed E-state index contributed by atoms with van der Waals surface area (Å²) in [6, 6.07) is 13.7. The molecule has 3 rings (SSSR count). The number of nitrogens with zero attached hydrogens (tertiary/aromatic N) is 2. The highest BCUT2D eigenvalue weighted by Gasteiger charge is 2.15. The lowest BCUT2D eigenvalue weighted by molar-refractivity contribution is 0.0950. The predicted molar refractivity (Wildman–Crippen MR) is 109 cm³/mol. The molecule has 0 aliphatic heterocycles. The van der Waals surface area contributed by atoms with Gasteiger partial charge in [-0.25, -0.2) is 13.4 Å². The van der Waals surface area contributed by atoms with Gasteiger partial charge in [-0.05, 0) is 29.3 Å². The molecule has 0 unspecified atom stereocenters. The monoisotopic (exact) mass is 408 g/mol. The largest absolute Gasteiger partial charge is 0.348 e. The maximum absolute atomic E-state index is 12.5. The number of aromatic nitrogens is 2. The highest BCUT2D eigenvalue weighted by Crippen LogP contribution is 2.12. The number of nitrogens with one attached hydrogen (secondary N) is 2. The first-order valence-corrected chi connectivity index (χ1v) is 10.3. The summed E-state index contributed by atoms with van der Waals surface area (Å²) in [5, 5.41) is 2.82. The van der Waals surface area contributed by atoms with Crippen molar-refractivity contribution in [3.63, 3.8) is 0 Å². The van der Waals surface area contributed by atoms with Gasteiger partial charge in [0, 0.05) is 31.0 Å². The minimum Gasteiger partial charge on any atom is -0.348 e. The third kappa shape index (κ3) is 5.54. The molecule has 0 aliphatic rings. The maximum Gasteiger partial charge on any atom is 0.251 e. The van der Waals surface area contributed by atoms with Crippen molar-refractivity contribution in [1.29, 1.82) is 0 Å². The number of carbonyl (C=O) groups is 1. The van der Waals surface area contributed by atoms with Crippen molar-refractivity contribution in [3.05, 3.63) is 83.9 Å². The molecule has 0 fully saturated rings. The summed E-state index contributed by atoms with van der Waals surface area (Å²) in [6.07, 6.45) is 10.4. The summed E-state index contributed by atoms with van der Waals surface area (Å²) in [6.45, 7) is 0.892. The van der Waals surface area contributed by atoms with Crippen LogP contribution in [0.2, 0.25) is 0 Å². The van der Waals surface area contributed by atoms with Crippen LogP contribution >= 0.6 is 0 Å². The summed E-state index contributed by atoms with van der Waals surface area (Å²) in [5.74, 6) is 1.85. The number of carbonyl (C=O) groups excluding carboxylic acids is 1. The van der Waals surface area contributed by atoms with E-state index in [4.69, 9.17) is 6.42 Å². The molecule has 7 nitrogen and oxygen atoms in total. The van der Waals surface area contributed by atoms with Gasteiger partial charge in [-0.1, -0.05) is 36.3 Å². The Bertz CT molecular complexity index is 1130. The third-order valence-corrected chi connectivity index (χ3v) is 5.54. The van der Waals surface area contributed by atoms with Crippen LogP contribution in [0.15, 0.2) is 72.1 Å². The van der Waals surface area contributed by atoms with Gasteiger partial charge < -0.3 is 9.88 Å². The lowest BCUT2D eigenvalue weighted by Crippen LogP contribution is -2.26. The summed E-state index contributed by atoms with van der Waals surface area (Å²) in [4.78, 5) is 16.5. The molecular formula is C21H20N4O3S. The van der Waals surface area contributed by atoms with E-state index in [1.54, 1.807) is 18.6 Å². The molecular weight excluding hydrogens is 388 g/mol. The second-order valence-electron chi connectivity index (χ2n) is 6.29. The highest BCUT2D eigenvalue weighted by atomic mass is 32.2. The van der Waals surface area contributed by atoms with Crippen LogP contribution in [0.3, 0.4) is 0 Å². The summed E-state index contributed by atoms with van der Waals surface area (Å²) >= 11 is 0. The molecule has 0 spiro atoms. The van der Waals surface area contributed by atoms with Crippen molar-refractivity contribution < 1.29 is 13.2 Å². The molecule has 0 bridgehead atoms. The second kappa shape index (κ2) is 9.19. The molecule has 0 radical (unpaired) electrons. The molecule has 1 amide bonds. The van der Waals surface area contributed by atoms with Crippen LogP contribution in [0.25, 0.3) is 0 Å². The van der Waals surface area contributed by atoms with Gasteiger partial charge in [-0.15, -0.1) is 6.42 Å². The molecule has 0 saturated carbocycles. The number of rotatable bonds is 8. The average molecular weight is 408 g/mol. The molecule has 3 aromatic rings. The Kier molecular flexibility index (Phi) is 6.44. The van der Waals surface area contributed by atoms with Gasteiger partial charge in [0.2, 0.25) is 10.0 Å². The average Bonchev–Trinajstić information content (AvgIpc) is 3.24. The Labute approximate surface area is 169 Å². The Morgan fingerprint density at radius 2 is 1.93 bits per heavy atom. The van der Waals surface area contributed by atoms with Crippen molar-refractivity contribution in [1.82, 2.24) is 19.6 Å². The zero-order chi connectivity index (χ0) is 20.7. The van der Waals surface area contributed by atoms with Gasteiger partial charge in [-0.3, -0.25) is 4.79 Å². The lowest BCUT2D eigenvalue weighted by atomic mass is 10.1. The topological polar surface area (TPSA) is 93.1 Å². The Morgan fingerprint density at radius 3 is 2.69 bits per heavy atom. The van der Waals surface area contributed by atoms with E-state index in [9.17, 15) is 13.2 Å². The van der Waals surface area contributed by atoms with Gasteiger partial charge in [0.15, 0.2) is 0 Å². The molecule has 2 aromatic carbocycles. The smallest absolute Gasteiger partial charge is 0.251 e. The Morgan fingerprint density at radius 1 is 1.14 bits per heavy atom. The van der Waals surface area contributed by atoms with Crippen molar-refractivity contribution in [2.75, 3.05) is 6.54 Å². The SMILES string of the molecule is C#CCNS(=O)(=O)c1cccc(C(=O)NCc2cccc(Cn3ccnc3)c2)c1. The zero-order valence-electron chi connectivity index (χ0n) is 15.6. The second-order valence-corrected chi connectivity index (χ2v) is 8.06. The van der Waals surface area contributed by atoms with Gasteiger partial charge in [0.25, 0.3) is 5.91 Å².